The van der Waals surface area contributed by atoms with Crippen LogP contribution in [0.2, 0.25) is 0 Å². The van der Waals surface area contributed by atoms with Gasteiger partial charge in [-0.1, -0.05) is 12.2 Å². The molecule has 13 heavy (non-hydrogen) atoms. The van der Waals surface area contributed by atoms with Crippen LogP contribution in [0.15, 0.2) is 37.0 Å². The number of hydrogen-bond acceptors (Lipinski definition) is 0. The predicted molar refractivity (Wildman–Crippen MR) is 56.8 cm³/mol. The second kappa shape index (κ2) is 2.77. The lowest BCUT2D eigenvalue weighted by molar-refractivity contribution is 1.11. The number of hydrogen-bond donors (Lipinski definition) is 0. The van der Waals surface area contributed by atoms with Gasteiger partial charge in [-0.2, -0.15) is 0 Å². The van der Waals surface area contributed by atoms with Gasteiger partial charge < -0.3 is 4.40 Å². The molecule has 2 aromatic rings. The quantitative estimate of drug-likeness (QED) is 0.620. The maximum Gasteiger partial charge on any atom is 0.0458 e. The van der Waals surface area contributed by atoms with E-state index in [0.717, 1.165) is 5.57 Å². The third-order valence-electron chi connectivity index (χ3n) is 2.35. The number of aromatic nitrogens is 1. The largest absolute Gasteiger partial charge is 0.321 e. The maximum absolute atomic E-state index is 3.93. The summed E-state index contributed by atoms with van der Waals surface area (Å²) in [4.78, 5) is 0. The van der Waals surface area contributed by atoms with Gasteiger partial charge in [0.1, 0.15) is 0 Å². The Morgan fingerprint density at radius 1 is 1.31 bits per heavy atom. The van der Waals surface area contributed by atoms with Crippen molar-refractivity contribution in [2.75, 3.05) is 0 Å². The Kier molecular flexibility index (Phi) is 1.73. The molecule has 0 aliphatic carbocycles. The van der Waals surface area contributed by atoms with Crippen molar-refractivity contribution in [1.82, 2.24) is 4.40 Å². The highest BCUT2D eigenvalue weighted by Gasteiger charge is 1.98. The van der Waals surface area contributed by atoms with Crippen LogP contribution in [0.4, 0.5) is 0 Å². The number of fused-ring (bicyclic) bond motifs is 1. The van der Waals surface area contributed by atoms with Crippen LogP contribution < -0.4 is 0 Å². The lowest BCUT2D eigenvalue weighted by atomic mass is 10.1. The van der Waals surface area contributed by atoms with Crippen molar-refractivity contribution in [3.8, 4) is 0 Å². The first-order valence-electron chi connectivity index (χ1n) is 4.42. The minimum Gasteiger partial charge on any atom is -0.321 e. The molecule has 0 spiro atoms. The van der Waals surface area contributed by atoms with Gasteiger partial charge in [-0.3, -0.25) is 0 Å². The average molecular weight is 171 g/mol. The van der Waals surface area contributed by atoms with Crippen molar-refractivity contribution in [1.29, 1.82) is 0 Å². The fraction of sp³-hybridized carbons (Fsp3) is 0.167. The topological polar surface area (TPSA) is 4.41 Å². The first-order chi connectivity index (χ1) is 6.18. The molecule has 0 radical (unpaired) electrons. The van der Waals surface area contributed by atoms with Gasteiger partial charge in [-0.05, 0) is 43.7 Å². The molecule has 0 N–H and O–H groups in total. The highest BCUT2D eigenvalue weighted by atomic mass is 14.9. The Bertz CT molecular complexity index is 463. The van der Waals surface area contributed by atoms with Gasteiger partial charge >= 0.3 is 0 Å². The van der Waals surface area contributed by atoms with E-state index in [1.165, 1.54) is 16.8 Å². The van der Waals surface area contributed by atoms with Crippen LogP contribution in [0.5, 0.6) is 0 Å². The summed E-state index contributed by atoms with van der Waals surface area (Å²) in [5.41, 5.74) is 4.83. The Morgan fingerprint density at radius 2 is 2.08 bits per heavy atom. The normalized spacial score (nSPS) is 10.6. The molecule has 2 heterocycles. The third kappa shape index (κ3) is 1.26. The molecule has 0 bridgehead atoms. The second-order valence-corrected chi connectivity index (χ2v) is 3.47. The highest BCUT2D eigenvalue weighted by molar-refractivity contribution is 5.66. The summed E-state index contributed by atoms with van der Waals surface area (Å²) in [5.74, 6) is 0. The fourth-order valence-electron chi connectivity index (χ4n) is 1.52. The van der Waals surface area contributed by atoms with Crippen LogP contribution in [0.3, 0.4) is 0 Å². The molecule has 66 valence electrons. The first kappa shape index (κ1) is 8.11. The van der Waals surface area contributed by atoms with E-state index >= 15 is 0 Å². The Labute approximate surface area is 78.3 Å². The summed E-state index contributed by atoms with van der Waals surface area (Å²) in [6.07, 6.45) is 2.09. The first-order valence-corrected chi connectivity index (χ1v) is 4.42. The minimum atomic E-state index is 1.11. The van der Waals surface area contributed by atoms with Crippen molar-refractivity contribution in [2.45, 2.75) is 13.8 Å². The van der Waals surface area contributed by atoms with Crippen molar-refractivity contribution < 1.29 is 0 Å². The second-order valence-electron chi connectivity index (χ2n) is 3.47. The van der Waals surface area contributed by atoms with Gasteiger partial charge in [0.2, 0.25) is 0 Å². The van der Waals surface area contributed by atoms with Crippen molar-refractivity contribution in [3.05, 3.63) is 48.3 Å². The molecule has 1 heteroatoms. The van der Waals surface area contributed by atoms with Crippen molar-refractivity contribution >= 4 is 11.1 Å². The van der Waals surface area contributed by atoms with Crippen LogP contribution in [-0.4, -0.2) is 4.40 Å². The number of allylic oxidation sites excluding steroid dienone is 1. The van der Waals surface area contributed by atoms with Gasteiger partial charge in [0.05, 0.1) is 0 Å². The molecule has 0 amide bonds. The Hall–Kier alpha value is -1.50. The van der Waals surface area contributed by atoms with Crippen LogP contribution in [0.25, 0.3) is 11.1 Å². The van der Waals surface area contributed by atoms with Gasteiger partial charge in [-0.25, -0.2) is 0 Å². The lowest BCUT2D eigenvalue weighted by Crippen LogP contribution is -1.87. The standard InChI is InChI=1S/C12H13N/c1-9(2)11-6-7-13-10(3)4-5-12(13)8-11/h4-8H,1H2,2-3H3. The number of rotatable bonds is 1. The lowest BCUT2D eigenvalue weighted by Gasteiger charge is -2.02. The SMILES string of the molecule is C=C(C)c1ccn2c(C)ccc2c1. The van der Waals surface area contributed by atoms with Gasteiger partial charge in [-0.15, -0.1) is 0 Å². The molecule has 2 aromatic heterocycles. The molecule has 0 aromatic carbocycles. The van der Waals surface area contributed by atoms with E-state index in [1.54, 1.807) is 0 Å². The zero-order chi connectivity index (χ0) is 9.42. The average Bonchev–Trinajstić information content (AvgIpc) is 2.47. The molecule has 0 fully saturated rings. The number of pyridine rings is 1. The van der Waals surface area contributed by atoms with Crippen LogP contribution in [0, 0.1) is 6.92 Å². The third-order valence-corrected chi connectivity index (χ3v) is 2.35. The van der Waals surface area contributed by atoms with Gasteiger partial charge in [0.15, 0.2) is 0 Å². The highest BCUT2D eigenvalue weighted by Crippen LogP contribution is 2.16. The van der Waals surface area contributed by atoms with E-state index in [2.05, 4.69) is 48.4 Å². The van der Waals surface area contributed by atoms with Gasteiger partial charge in [0.25, 0.3) is 0 Å². The minimum absolute atomic E-state index is 1.11. The maximum atomic E-state index is 3.93. The van der Waals surface area contributed by atoms with Gasteiger partial charge in [0, 0.05) is 17.4 Å². The molecule has 0 unspecified atom stereocenters. The molecule has 0 aliphatic rings. The van der Waals surface area contributed by atoms with Crippen molar-refractivity contribution in [3.63, 3.8) is 0 Å². The summed E-state index contributed by atoms with van der Waals surface area (Å²) in [7, 11) is 0. The molecule has 0 aliphatic heterocycles. The van der Waals surface area contributed by atoms with E-state index in [-0.39, 0.29) is 0 Å². The monoisotopic (exact) mass is 171 g/mol. The molecular formula is C12H13N. The summed E-state index contributed by atoms with van der Waals surface area (Å²) in [6.45, 7) is 8.06. The summed E-state index contributed by atoms with van der Waals surface area (Å²) in [6, 6.07) is 8.51. The van der Waals surface area contributed by atoms with E-state index in [1.807, 2.05) is 6.92 Å². The summed E-state index contributed by atoms with van der Waals surface area (Å²) >= 11 is 0. The van der Waals surface area contributed by atoms with Crippen LogP contribution >= 0.6 is 0 Å². The Morgan fingerprint density at radius 3 is 2.77 bits per heavy atom. The molecule has 0 saturated carbocycles. The summed E-state index contributed by atoms with van der Waals surface area (Å²) < 4.78 is 2.17. The van der Waals surface area contributed by atoms with Crippen LogP contribution in [-0.2, 0) is 0 Å². The zero-order valence-corrected chi connectivity index (χ0v) is 8.04. The Balaban J connectivity index is 2.70. The zero-order valence-electron chi connectivity index (χ0n) is 8.04. The molecule has 1 nitrogen and oxygen atoms in total. The van der Waals surface area contributed by atoms with E-state index in [0.29, 0.717) is 0 Å². The molecule has 0 saturated heterocycles. The molecular weight excluding hydrogens is 158 g/mol. The van der Waals surface area contributed by atoms with E-state index in [4.69, 9.17) is 0 Å². The molecule has 0 atom stereocenters. The fourth-order valence-corrected chi connectivity index (χ4v) is 1.52. The number of nitrogens with zero attached hydrogens (tertiary/aromatic N) is 1. The van der Waals surface area contributed by atoms with E-state index < -0.39 is 0 Å². The van der Waals surface area contributed by atoms with Crippen LogP contribution in [0.1, 0.15) is 18.2 Å². The predicted octanol–water partition coefficient (Wildman–Crippen LogP) is 3.28. The molecule has 2 rings (SSSR count). The van der Waals surface area contributed by atoms with E-state index in [9.17, 15) is 0 Å². The number of aryl methyl sites for hydroxylation is 1. The van der Waals surface area contributed by atoms with Crippen molar-refractivity contribution in [2.24, 2.45) is 0 Å². The smallest absolute Gasteiger partial charge is 0.0458 e. The summed E-state index contributed by atoms with van der Waals surface area (Å²) in [5, 5.41) is 0.